The van der Waals surface area contributed by atoms with Crippen molar-refractivity contribution >= 4 is 46.2 Å². The summed E-state index contributed by atoms with van der Waals surface area (Å²) in [5, 5.41) is 0.906. The van der Waals surface area contributed by atoms with Gasteiger partial charge in [0.25, 0.3) is 0 Å². The van der Waals surface area contributed by atoms with E-state index in [9.17, 15) is 9.59 Å². The van der Waals surface area contributed by atoms with Crippen LogP contribution in [0.2, 0.25) is 10.0 Å². The maximum Gasteiger partial charge on any atom is 0.345 e. The lowest BCUT2D eigenvalue weighted by molar-refractivity contribution is -0.136. The van der Waals surface area contributed by atoms with Gasteiger partial charge < -0.3 is 9.15 Å². The van der Waals surface area contributed by atoms with Crippen LogP contribution in [0.3, 0.4) is 0 Å². The van der Waals surface area contributed by atoms with Crippen molar-refractivity contribution in [2.45, 2.75) is 51.9 Å². The van der Waals surface area contributed by atoms with Crippen LogP contribution >= 0.6 is 23.2 Å². The molecule has 0 spiro atoms. The van der Waals surface area contributed by atoms with Gasteiger partial charge in [0.2, 0.25) is 5.89 Å². The Balaban J connectivity index is 1.34. The predicted molar refractivity (Wildman–Crippen MR) is 173 cm³/mol. The minimum absolute atomic E-state index is 0.000667. The average molecular weight is 605 g/mol. The van der Waals surface area contributed by atoms with Gasteiger partial charge in [-0.25, -0.2) is 9.78 Å². The summed E-state index contributed by atoms with van der Waals surface area (Å²) in [4.78, 5) is 29.0. The van der Waals surface area contributed by atoms with Gasteiger partial charge in [-0.3, -0.25) is 4.79 Å². The Labute approximate surface area is 257 Å². The first-order chi connectivity index (χ1) is 20.5. The van der Waals surface area contributed by atoms with Gasteiger partial charge >= 0.3 is 11.9 Å². The summed E-state index contributed by atoms with van der Waals surface area (Å²) in [6.45, 7) is 2.14. The Hall–Kier alpha value is -3.93. The Bertz CT molecular complexity index is 1490. The standard InChI is InChI=1S/C35H35Cl2NO4/c1-2-3-4-5-6-7-8-9-10-11-12-13-14-15-16-17-18-19-20-33(39)42-35(40)27-21-22-31-32(25-27)41-34(38-31)28-23-29(36)26-30(37)24-28/h3-4,6-7,9-10,12-13,15-16,18-19,21-26H,2,5,8,11,14,17,20H2,1H3. The second-order valence-corrected chi connectivity index (χ2v) is 10.1. The van der Waals surface area contributed by atoms with Crippen molar-refractivity contribution in [1.29, 1.82) is 0 Å². The number of benzene rings is 2. The molecule has 7 heteroatoms. The molecular formula is C35H35Cl2NO4. The SMILES string of the molecule is CCC=CCC=CCC=CCC=CCC=CCC=CCC(=O)OC(=O)c1ccc2nc(-c3cc(Cl)cc(Cl)c3)oc2c1. The maximum atomic E-state index is 12.5. The molecule has 2 aromatic carbocycles. The predicted octanol–water partition coefficient (Wildman–Crippen LogP) is 10.6. The zero-order chi connectivity index (χ0) is 30.0. The number of esters is 2. The zero-order valence-corrected chi connectivity index (χ0v) is 25.2. The highest BCUT2D eigenvalue weighted by Crippen LogP contribution is 2.29. The topological polar surface area (TPSA) is 69.4 Å². The zero-order valence-electron chi connectivity index (χ0n) is 23.7. The highest BCUT2D eigenvalue weighted by atomic mass is 35.5. The molecule has 0 saturated carbocycles. The molecule has 42 heavy (non-hydrogen) atoms. The van der Waals surface area contributed by atoms with Gasteiger partial charge in [0.15, 0.2) is 5.58 Å². The van der Waals surface area contributed by atoms with Crippen LogP contribution in [0.1, 0.15) is 62.2 Å². The first-order valence-electron chi connectivity index (χ1n) is 14.0. The molecule has 1 heterocycles. The van der Waals surface area contributed by atoms with E-state index in [1.807, 2.05) is 12.2 Å². The summed E-state index contributed by atoms with van der Waals surface area (Å²) in [7, 11) is 0. The number of aromatic nitrogens is 1. The average Bonchev–Trinajstić information content (AvgIpc) is 3.40. The van der Waals surface area contributed by atoms with E-state index in [4.69, 9.17) is 32.4 Å². The van der Waals surface area contributed by atoms with Gasteiger partial charge in [-0.05, 0) is 74.9 Å². The number of nitrogens with zero attached hydrogens (tertiary/aromatic N) is 1. The summed E-state index contributed by atoms with van der Waals surface area (Å²) in [5.41, 5.74) is 1.71. The summed E-state index contributed by atoms with van der Waals surface area (Å²) >= 11 is 12.1. The fraction of sp³-hybridized carbons (Fsp3) is 0.229. The molecule has 0 atom stereocenters. The lowest BCUT2D eigenvalue weighted by atomic mass is 10.2. The molecule has 0 bridgehead atoms. The molecule has 3 aromatic rings. The highest BCUT2D eigenvalue weighted by Gasteiger charge is 2.16. The van der Waals surface area contributed by atoms with E-state index in [-0.39, 0.29) is 12.0 Å². The molecule has 0 fully saturated rings. The van der Waals surface area contributed by atoms with Crippen molar-refractivity contribution in [3.8, 4) is 11.5 Å². The quantitative estimate of drug-likeness (QED) is 0.0981. The second kappa shape index (κ2) is 18.5. The molecule has 0 radical (unpaired) electrons. The molecule has 0 aliphatic heterocycles. The Kier molecular flexibility index (Phi) is 14.3. The number of hydrogen-bond donors (Lipinski definition) is 0. The van der Waals surface area contributed by atoms with Crippen molar-refractivity contribution in [2.75, 3.05) is 0 Å². The lowest BCUT2D eigenvalue weighted by Gasteiger charge is -2.01. The van der Waals surface area contributed by atoms with Gasteiger partial charge in [-0.2, -0.15) is 0 Å². The molecule has 0 N–H and O–H groups in total. The molecule has 0 unspecified atom stereocenters. The van der Waals surface area contributed by atoms with Crippen LogP contribution in [-0.4, -0.2) is 16.9 Å². The van der Waals surface area contributed by atoms with E-state index >= 15 is 0 Å². The fourth-order valence-corrected chi connectivity index (χ4v) is 4.28. The monoisotopic (exact) mass is 603 g/mol. The van der Waals surface area contributed by atoms with Crippen LogP contribution in [0, 0.1) is 0 Å². The molecule has 0 saturated heterocycles. The Morgan fingerprint density at radius 3 is 1.81 bits per heavy atom. The van der Waals surface area contributed by atoms with E-state index in [1.165, 1.54) is 12.1 Å². The van der Waals surface area contributed by atoms with Gasteiger partial charge in [-0.15, -0.1) is 0 Å². The third-order valence-corrected chi connectivity index (χ3v) is 6.26. The molecule has 0 aliphatic carbocycles. The molecule has 5 nitrogen and oxygen atoms in total. The third kappa shape index (κ3) is 11.9. The number of carbonyl (C=O) groups excluding carboxylic acids is 2. The van der Waals surface area contributed by atoms with Crippen molar-refractivity contribution in [2.24, 2.45) is 0 Å². The van der Waals surface area contributed by atoms with Gasteiger partial charge in [-0.1, -0.05) is 103 Å². The van der Waals surface area contributed by atoms with Crippen LogP contribution < -0.4 is 0 Å². The van der Waals surface area contributed by atoms with E-state index in [2.05, 4.69) is 66.6 Å². The number of hydrogen-bond acceptors (Lipinski definition) is 5. The number of oxazole rings is 1. The summed E-state index contributed by atoms with van der Waals surface area (Å²) in [6.07, 6.45) is 30.5. The molecule has 0 amide bonds. The summed E-state index contributed by atoms with van der Waals surface area (Å²) in [6, 6.07) is 9.63. The minimum Gasteiger partial charge on any atom is -0.436 e. The summed E-state index contributed by atoms with van der Waals surface area (Å²) < 4.78 is 10.8. The molecular weight excluding hydrogens is 569 g/mol. The number of ether oxygens (including phenoxy) is 1. The van der Waals surface area contributed by atoms with Crippen LogP contribution in [0.15, 0.2) is 114 Å². The Morgan fingerprint density at radius 2 is 1.26 bits per heavy atom. The number of allylic oxidation sites excluding steroid dienone is 11. The smallest absolute Gasteiger partial charge is 0.345 e. The summed E-state index contributed by atoms with van der Waals surface area (Å²) in [5.74, 6) is -1.07. The largest absolute Gasteiger partial charge is 0.436 e. The first-order valence-corrected chi connectivity index (χ1v) is 14.7. The lowest BCUT2D eigenvalue weighted by Crippen LogP contribution is -2.11. The van der Waals surface area contributed by atoms with Crippen LogP contribution in [-0.2, 0) is 9.53 Å². The second-order valence-electron chi connectivity index (χ2n) is 9.24. The number of rotatable bonds is 15. The maximum absolute atomic E-state index is 12.5. The van der Waals surface area contributed by atoms with Crippen LogP contribution in [0.5, 0.6) is 0 Å². The number of carbonyl (C=O) groups is 2. The Morgan fingerprint density at radius 1 is 0.738 bits per heavy atom. The van der Waals surface area contributed by atoms with Crippen LogP contribution in [0.4, 0.5) is 0 Å². The van der Waals surface area contributed by atoms with Crippen molar-refractivity contribution in [3.63, 3.8) is 0 Å². The van der Waals surface area contributed by atoms with E-state index in [0.29, 0.717) is 39.0 Å². The van der Waals surface area contributed by atoms with Crippen LogP contribution in [0.25, 0.3) is 22.6 Å². The molecule has 218 valence electrons. The highest BCUT2D eigenvalue weighted by molar-refractivity contribution is 6.35. The van der Waals surface area contributed by atoms with E-state index in [0.717, 1.165) is 32.1 Å². The molecule has 0 aliphatic rings. The van der Waals surface area contributed by atoms with Crippen molar-refractivity contribution in [1.82, 2.24) is 4.98 Å². The van der Waals surface area contributed by atoms with Gasteiger partial charge in [0, 0.05) is 15.6 Å². The third-order valence-electron chi connectivity index (χ3n) is 5.82. The normalized spacial score (nSPS) is 12.5. The minimum atomic E-state index is -0.753. The number of fused-ring (bicyclic) bond motifs is 1. The van der Waals surface area contributed by atoms with Crippen molar-refractivity contribution in [3.05, 3.63) is 125 Å². The van der Waals surface area contributed by atoms with Gasteiger partial charge in [0.05, 0.1) is 12.0 Å². The number of halogens is 2. The van der Waals surface area contributed by atoms with Gasteiger partial charge in [0.1, 0.15) is 5.52 Å². The molecule has 3 rings (SSSR count). The van der Waals surface area contributed by atoms with E-state index in [1.54, 1.807) is 30.3 Å². The molecule has 1 aromatic heterocycles. The first kappa shape index (κ1) is 32.6. The van der Waals surface area contributed by atoms with E-state index < -0.39 is 11.9 Å². The fourth-order valence-electron chi connectivity index (χ4n) is 3.76. The van der Waals surface area contributed by atoms with Crippen molar-refractivity contribution < 1.29 is 18.7 Å².